The number of rotatable bonds is 5. The van der Waals surface area contributed by atoms with Gasteiger partial charge in [-0.3, -0.25) is 0 Å². The van der Waals surface area contributed by atoms with Crippen molar-refractivity contribution in [2.24, 2.45) is 0 Å². The van der Waals surface area contributed by atoms with Crippen molar-refractivity contribution in [1.82, 2.24) is 9.80 Å². The molecule has 3 N–H and O–H groups in total. The number of piperidine rings is 2. The fourth-order valence-corrected chi connectivity index (χ4v) is 5.70. The average Bonchev–Trinajstić information content (AvgIpc) is 3.34. The number of anilines is 1. The molecule has 2 fully saturated rings. The Bertz CT molecular complexity index is 984. The molecule has 2 aromatic rings. The normalized spacial score (nSPS) is 20.1. The van der Waals surface area contributed by atoms with Crippen LogP contribution in [-0.4, -0.2) is 77.1 Å². The van der Waals surface area contributed by atoms with Gasteiger partial charge in [-0.15, -0.1) is 0 Å². The summed E-state index contributed by atoms with van der Waals surface area (Å²) in [7, 11) is 0. The van der Waals surface area contributed by atoms with Crippen LogP contribution in [0.2, 0.25) is 0 Å². The molecule has 3 aliphatic heterocycles. The summed E-state index contributed by atoms with van der Waals surface area (Å²) in [6.45, 7) is 12.2. The molecule has 0 bridgehead atoms. The molecule has 1 amide bonds. The number of hydrogen-bond acceptors (Lipinski definition) is 6. The summed E-state index contributed by atoms with van der Waals surface area (Å²) in [6.07, 6.45) is 1.59. The first-order valence-corrected chi connectivity index (χ1v) is 14.4. The maximum atomic E-state index is 12.4. The number of nitrogens with one attached hydrogen (secondary N) is 1. The van der Waals surface area contributed by atoms with Gasteiger partial charge in [0.05, 0.1) is 11.7 Å². The summed E-state index contributed by atoms with van der Waals surface area (Å²) >= 11 is 0. The Morgan fingerprint density at radius 3 is 2.18 bits per heavy atom. The highest BCUT2D eigenvalue weighted by Gasteiger charge is 2.44. The van der Waals surface area contributed by atoms with Crippen LogP contribution in [0.25, 0.3) is 0 Å². The van der Waals surface area contributed by atoms with E-state index in [2.05, 4.69) is 34.5 Å². The van der Waals surface area contributed by atoms with Gasteiger partial charge in [0, 0.05) is 37.3 Å². The molecule has 3 aliphatic rings. The summed E-state index contributed by atoms with van der Waals surface area (Å²) in [5, 5.41) is 25.6. The molecule has 210 valence electrons. The lowest BCUT2D eigenvalue weighted by atomic mass is 9.74. The van der Waals surface area contributed by atoms with E-state index in [0.29, 0.717) is 32.5 Å². The summed E-state index contributed by atoms with van der Waals surface area (Å²) in [6, 6.07) is 18.2. The van der Waals surface area contributed by atoms with Crippen molar-refractivity contribution in [2.45, 2.75) is 77.1 Å². The van der Waals surface area contributed by atoms with Crippen molar-refractivity contribution < 1.29 is 19.7 Å². The molecule has 0 radical (unpaired) electrons. The maximum Gasteiger partial charge on any atom is 0.410 e. The number of carbonyl (C=O) groups is 1. The van der Waals surface area contributed by atoms with Crippen molar-refractivity contribution in [3.63, 3.8) is 0 Å². The van der Waals surface area contributed by atoms with E-state index in [1.165, 1.54) is 11.3 Å². The number of aliphatic hydroxyl groups excluding tert-OH is 1. The second kappa shape index (κ2) is 14.0. The Morgan fingerprint density at radius 2 is 1.53 bits per heavy atom. The van der Waals surface area contributed by atoms with Crippen molar-refractivity contribution >= 4 is 11.8 Å². The van der Waals surface area contributed by atoms with Gasteiger partial charge < -0.3 is 30.1 Å². The summed E-state index contributed by atoms with van der Waals surface area (Å²) in [4.78, 5) is 16.3. The largest absolute Gasteiger partial charge is 0.445 e. The van der Waals surface area contributed by atoms with Gasteiger partial charge in [-0.1, -0.05) is 76.2 Å². The number of benzene rings is 2. The van der Waals surface area contributed by atoms with Crippen LogP contribution in [0, 0.1) is 0 Å². The first kappa shape index (κ1) is 29.9. The zero-order valence-corrected chi connectivity index (χ0v) is 23.7. The average molecular weight is 526 g/mol. The number of amides is 1. The Morgan fingerprint density at radius 1 is 0.921 bits per heavy atom. The van der Waals surface area contributed by atoms with Crippen molar-refractivity contribution in [3.05, 3.63) is 65.7 Å². The molecule has 0 unspecified atom stereocenters. The molecule has 7 heteroatoms. The molecular weight excluding hydrogens is 478 g/mol. The standard InChI is InChI=1S/C27H35N3O4.2C2H6/c31-24(18-29-14-10-26(11-15-29)20-28-23-9-5-4-8-22(23)26)27(33)12-16-30(17-13-27)25(32)34-19-21-6-2-1-3-7-21;2*1-2/h1-9,24,28,31,33H,10-20H2;2*1-2H3/t24-;;/m0../s1. The Balaban J connectivity index is 0.000000956. The number of ether oxygens (including phenoxy) is 1. The number of hydrogen-bond donors (Lipinski definition) is 3. The van der Waals surface area contributed by atoms with Gasteiger partial charge in [0.1, 0.15) is 6.61 Å². The summed E-state index contributed by atoms with van der Waals surface area (Å²) in [5.41, 5.74) is 2.62. The van der Waals surface area contributed by atoms with Crippen LogP contribution in [0.5, 0.6) is 0 Å². The zero-order chi connectivity index (χ0) is 27.6. The number of aliphatic hydroxyl groups is 2. The summed E-state index contributed by atoms with van der Waals surface area (Å²) in [5.74, 6) is 0. The fraction of sp³-hybridized carbons (Fsp3) is 0.581. The van der Waals surface area contributed by atoms with E-state index < -0.39 is 11.7 Å². The number of β-amino-alcohol motifs (C(OH)–C–C–N with tert-alkyl or cyclic N) is 1. The van der Waals surface area contributed by atoms with Crippen LogP contribution in [0.15, 0.2) is 54.6 Å². The third-order valence-electron chi connectivity index (χ3n) is 8.07. The minimum absolute atomic E-state index is 0.181. The summed E-state index contributed by atoms with van der Waals surface area (Å²) < 4.78 is 5.42. The Labute approximate surface area is 228 Å². The van der Waals surface area contributed by atoms with E-state index in [1.807, 2.05) is 58.0 Å². The lowest BCUT2D eigenvalue weighted by Gasteiger charge is -2.44. The maximum absolute atomic E-state index is 12.4. The predicted octanol–water partition coefficient (Wildman–Crippen LogP) is 5.02. The van der Waals surface area contributed by atoms with Crippen LogP contribution in [0.3, 0.4) is 0 Å². The van der Waals surface area contributed by atoms with Gasteiger partial charge in [0.15, 0.2) is 0 Å². The Kier molecular flexibility index (Phi) is 11.0. The lowest BCUT2D eigenvalue weighted by molar-refractivity contribution is -0.116. The number of carbonyl (C=O) groups excluding carboxylic acids is 1. The third kappa shape index (κ3) is 6.87. The molecule has 2 saturated heterocycles. The number of fused-ring (bicyclic) bond motifs is 2. The quantitative estimate of drug-likeness (QED) is 0.508. The fourth-order valence-electron chi connectivity index (χ4n) is 5.70. The molecule has 0 aromatic heterocycles. The van der Waals surface area contributed by atoms with E-state index in [9.17, 15) is 15.0 Å². The van der Waals surface area contributed by atoms with Crippen molar-refractivity contribution in [2.75, 3.05) is 44.6 Å². The number of likely N-dealkylation sites (tertiary alicyclic amines) is 2. The van der Waals surface area contributed by atoms with Crippen LogP contribution in [0.1, 0.15) is 64.5 Å². The van der Waals surface area contributed by atoms with Crippen molar-refractivity contribution in [1.29, 1.82) is 0 Å². The minimum atomic E-state index is -1.17. The van der Waals surface area contributed by atoms with Gasteiger partial charge in [-0.05, 0) is 56.0 Å². The Hall–Kier alpha value is -2.61. The topological polar surface area (TPSA) is 85.3 Å². The minimum Gasteiger partial charge on any atom is -0.445 e. The molecule has 0 saturated carbocycles. The lowest BCUT2D eigenvalue weighted by Crippen LogP contribution is -2.56. The smallest absolute Gasteiger partial charge is 0.410 e. The predicted molar refractivity (Wildman–Crippen MR) is 153 cm³/mol. The highest BCUT2D eigenvalue weighted by atomic mass is 16.6. The van der Waals surface area contributed by atoms with Gasteiger partial charge >= 0.3 is 6.09 Å². The second-order valence-corrected chi connectivity index (χ2v) is 10.1. The second-order valence-electron chi connectivity index (χ2n) is 10.1. The molecule has 38 heavy (non-hydrogen) atoms. The van der Waals surface area contributed by atoms with Crippen LogP contribution >= 0.6 is 0 Å². The molecule has 2 aromatic carbocycles. The van der Waals surface area contributed by atoms with Crippen LogP contribution < -0.4 is 5.32 Å². The van der Waals surface area contributed by atoms with E-state index in [4.69, 9.17) is 4.74 Å². The molecule has 0 aliphatic carbocycles. The van der Waals surface area contributed by atoms with Crippen molar-refractivity contribution in [3.8, 4) is 0 Å². The molecule has 3 heterocycles. The van der Waals surface area contributed by atoms with E-state index in [-0.39, 0.29) is 18.1 Å². The van der Waals surface area contributed by atoms with Gasteiger partial charge in [0.2, 0.25) is 0 Å². The van der Waals surface area contributed by atoms with Gasteiger partial charge in [-0.25, -0.2) is 4.79 Å². The number of para-hydroxylation sites is 1. The van der Waals surface area contributed by atoms with Gasteiger partial charge in [-0.2, -0.15) is 0 Å². The first-order valence-electron chi connectivity index (χ1n) is 14.4. The van der Waals surface area contributed by atoms with Crippen LogP contribution in [-0.2, 0) is 16.8 Å². The highest BCUT2D eigenvalue weighted by molar-refractivity contribution is 5.67. The molecule has 1 atom stereocenters. The van der Waals surface area contributed by atoms with E-state index >= 15 is 0 Å². The SMILES string of the molecule is CC.CC.O=C(OCc1ccccc1)N1CCC(O)([C@@H](O)CN2CCC3(CC2)CNc2ccccc23)CC1. The highest BCUT2D eigenvalue weighted by Crippen LogP contribution is 2.44. The first-order chi connectivity index (χ1) is 18.5. The van der Waals surface area contributed by atoms with E-state index in [0.717, 1.165) is 38.0 Å². The number of nitrogens with zero attached hydrogens (tertiary/aromatic N) is 2. The van der Waals surface area contributed by atoms with Gasteiger partial charge in [0.25, 0.3) is 0 Å². The van der Waals surface area contributed by atoms with E-state index in [1.54, 1.807) is 4.90 Å². The monoisotopic (exact) mass is 525 g/mol. The molecular formula is C31H47N3O4. The molecule has 7 nitrogen and oxygen atoms in total. The molecule has 5 rings (SSSR count). The third-order valence-corrected chi connectivity index (χ3v) is 8.07. The zero-order valence-electron chi connectivity index (χ0n) is 23.7. The van der Waals surface area contributed by atoms with Crippen LogP contribution in [0.4, 0.5) is 10.5 Å². The molecule has 1 spiro atoms.